The molecule has 0 spiro atoms. The molecule has 20 heavy (non-hydrogen) atoms. The van der Waals surface area contributed by atoms with Crippen molar-refractivity contribution >= 4 is 17.7 Å². The molecule has 0 N–H and O–H groups in total. The van der Waals surface area contributed by atoms with Crippen molar-refractivity contribution in [3.8, 4) is 5.75 Å². The highest BCUT2D eigenvalue weighted by Crippen LogP contribution is 2.46. The van der Waals surface area contributed by atoms with Crippen molar-refractivity contribution in [3.63, 3.8) is 0 Å². The number of rotatable bonds is 2. The summed E-state index contributed by atoms with van der Waals surface area (Å²) in [7, 11) is 1.64. The van der Waals surface area contributed by atoms with E-state index >= 15 is 0 Å². The van der Waals surface area contributed by atoms with E-state index in [1.807, 2.05) is 23.9 Å². The zero-order chi connectivity index (χ0) is 14.4. The minimum Gasteiger partial charge on any atom is -0.497 e. The number of carbonyl (C=O) groups excluding carboxylic acids is 1. The molecule has 1 fully saturated rings. The molecule has 3 rings (SSSR count). The van der Waals surface area contributed by atoms with Gasteiger partial charge in [0.25, 0.3) is 5.91 Å². The van der Waals surface area contributed by atoms with Crippen LogP contribution in [0.4, 0.5) is 0 Å². The molecule has 0 saturated carbocycles. The molecule has 3 atom stereocenters. The summed E-state index contributed by atoms with van der Waals surface area (Å²) in [5.74, 6) is 2.85. The minimum atomic E-state index is 0.172. The van der Waals surface area contributed by atoms with Gasteiger partial charge in [-0.25, -0.2) is 0 Å². The van der Waals surface area contributed by atoms with Gasteiger partial charge in [-0.3, -0.25) is 4.79 Å². The van der Waals surface area contributed by atoms with Gasteiger partial charge in [-0.1, -0.05) is 26.8 Å². The summed E-state index contributed by atoms with van der Waals surface area (Å²) in [5.41, 5.74) is 1.98. The summed E-state index contributed by atoms with van der Waals surface area (Å²) in [5, 5.41) is 0.288. The van der Waals surface area contributed by atoms with E-state index in [0.29, 0.717) is 17.9 Å². The predicted octanol–water partition coefficient (Wildman–Crippen LogP) is 3.35. The first-order valence-corrected chi connectivity index (χ1v) is 8.21. The van der Waals surface area contributed by atoms with Crippen LogP contribution in [0, 0.1) is 5.92 Å². The van der Waals surface area contributed by atoms with Crippen LogP contribution in [0.3, 0.4) is 0 Å². The van der Waals surface area contributed by atoms with Crippen molar-refractivity contribution in [1.82, 2.24) is 4.90 Å². The topological polar surface area (TPSA) is 29.5 Å². The first kappa shape index (κ1) is 13.8. The Hall–Kier alpha value is -1.16. The Morgan fingerprint density at radius 1 is 1.40 bits per heavy atom. The van der Waals surface area contributed by atoms with Gasteiger partial charge >= 0.3 is 0 Å². The van der Waals surface area contributed by atoms with Crippen LogP contribution in [0.25, 0.3) is 0 Å². The van der Waals surface area contributed by atoms with Gasteiger partial charge in [0, 0.05) is 23.3 Å². The van der Waals surface area contributed by atoms with Gasteiger partial charge in [-0.2, -0.15) is 0 Å². The Morgan fingerprint density at radius 2 is 2.15 bits per heavy atom. The maximum atomic E-state index is 12.9. The molecule has 0 aliphatic carbocycles. The molecule has 1 aromatic rings. The summed E-state index contributed by atoms with van der Waals surface area (Å²) in [6, 6.07) is 6.25. The summed E-state index contributed by atoms with van der Waals surface area (Å²) < 4.78 is 5.27. The Balaban J connectivity index is 2.06. The van der Waals surface area contributed by atoms with E-state index in [4.69, 9.17) is 4.74 Å². The van der Waals surface area contributed by atoms with Crippen LogP contribution in [-0.4, -0.2) is 35.1 Å². The minimum absolute atomic E-state index is 0.172. The van der Waals surface area contributed by atoms with Crippen LogP contribution < -0.4 is 4.74 Å². The molecule has 0 unspecified atom stereocenters. The van der Waals surface area contributed by atoms with Gasteiger partial charge in [0.1, 0.15) is 5.75 Å². The number of methoxy groups -OCH3 is 1. The Morgan fingerprint density at radius 3 is 2.80 bits per heavy atom. The molecule has 108 valence electrons. The van der Waals surface area contributed by atoms with E-state index in [-0.39, 0.29) is 11.3 Å². The molecule has 0 radical (unpaired) electrons. The third kappa shape index (κ3) is 1.93. The van der Waals surface area contributed by atoms with Gasteiger partial charge < -0.3 is 9.64 Å². The molecular formula is C16H21NO2S. The lowest BCUT2D eigenvalue weighted by Crippen LogP contribution is -2.48. The fourth-order valence-electron chi connectivity index (χ4n) is 3.25. The van der Waals surface area contributed by atoms with Gasteiger partial charge in [-0.15, -0.1) is 11.8 Å². The van der Waals surface area contributed by atoms with Crippen molar-refractivity contribution in [1.29, 1.82) is 0 Å². The molecule has 3 nitrogen and oxygen atoms in total. The van der Waals surface area contributed by atoms with E-state index in [9.17, 15) is 4.79 Å². The molecule has 0 aromatic heterocycles. The largest absolute Gasteiger partial charge is 0.497 e. The molecule has 1 aromatic carbocycles. The van der Waals surface area contributed by atoms with E-state index < -0.39 is 0 Å². The fraction of sp³-hybridized carbons (Fsp3) is 0.562. The number of hydrogen-bond donors (Lipinski definition) is 0. The van der Waals surface area contributed by atoms with E-state index in [1.54, 1.807) is 7.11 Å². The molecule has 2 aliphatic heterocycles. The van der Waals surface area contributed by atoms with Crippen LogP contribution >= 0.6 is 11.8 Å². The SMILES string of the molecule is COc1ccc2c(c1)C(=O)N1[C@@H](C(C)C)CS[C@H]1[C@@H]2C. The monoisotopic (exact) mass is 291 g/mol. The summed E-state index contributed by atoms with van der Waals surface area (Å²) in [6.07, 6.45) is 0. The number of amides is 1. The van der Waals surface area contributed by atoms with Crippen LogP contribution in [0.5, 0.6) is 5.75 Å². The molecule has 2 aliphatic rings. The van der Waals surface area contributed by atoms with Crippen LogP contribution in [0.2, 0.25) is 0 Å². The van der Waals surface area contributed by atoms with E-state index in [2.05, 4.69) is 31.7 Å². The average molecular weight is 291 g/mol. The zero-order valence-electron chi connectivity index (χ0n) is 12.4. The van der Waals surface area contributed by atoms with E-state index in [1.165, 1.54) is 0 Å². The zero-order valence-corrected chi connectivity index (χ0v) is 13.2. The van der Waals surface area contributed by atoms with Crippen molar-refractivity contribution in [3.05, 3.63) is 29.3 Å². The fourth-order valence-corrected chi connectivity index (χ4v) is 5.04. The summed E-state index contributed by atoms with van der Waals surface area (Å²) in [6.45, 7) is 6.63. The van der Waals surface area contributed by atoms with Crippen LogP contribution in [0.1, 0.15) is 42.6 Å². The molecule has 0 bridgehead atoms. The lowest BCUT2D eigenvalue weighted by Gasteiger charge is -2.39. The summed E-state index contributed by atoms with van der Waals surface area (Å²) in [4.78, 5) is 15.0. The van der Waals surface area contributed by atoms with Crippen molar-refractivity contribution < 1.29 is 9.53 Å². The molecule has 2 heterocycles. The lowest BCUT2D eigenvalue weighted by molar-refractivity contribution is 0.0605. The molecule has 1 amide bonds. The standard InChI is InChI=1S/C16H21NO2S/c1-9(2)14-8-20-16-10(3)12-6-5-11(19-4)7-13(12)15(18)17(14)16/h5-7,9-10,14,16H,8H2,1-4H3/t10-,14-,16+/m1/s1. The quantitative estimate of drug-likeness (QED) is 0.837. The predicted molar refractivity (Wildman–Crippen MR) is 82.5 cm³/mol. The Bertz CT molecular complexity index is 543. The third-order valence-electron chi connectivity index (χ3n) is 4.48. The lowest BCUT2D eigenvalue weighted by atomic mass is 9.88. The molecular weight excluding hydrogens is 270 g/mol. The molecule has 4 heteroatoms. The van der Waals surface area contributed by atoms with Gasteiger partial charge in [0.05, 0.1) is 12.5 Å². The van der Waals surface area contributed by atoms with Crippen LogP contribution in [-0.2, 0) is 0 Å². The summed E-state index contributed by atoms with van der Waals surface area (Å²) >= 11 is 1.92. The number of nitrogens with zero attached hydrogens (tertiary/aromatic N) is 1. The number of hydrogen-bond acceptors (Lipinski definition) is 3. The van der Waals surface area contributed by atoms with E-state index in [0.717, 1.165) is 22.6 Å². The highest BCUT2D eigenvalue weighted by molar-refractivity contribution is 8.00. The maximum absolute atomic E-state index is 12.9. The van der Waals surface area contributed by atoms with Crippen LogP contribution in [0.15, 0.2) is 18.2 Å². The Kier molecular flexibility index (Phi) is 3.44. The van der Waals surface area contributed by atoms with Gasteiger partial charge in [-0.05, 0) is 23.6 Å². The first-order chi connectivity index (χ1) is 9.54. The number of benzene rings is 1. The smallest absolute Gasteiger partial charge is 0.255 e. The van der Waals surface area contributed by atoms with Crippen molar-refractivity contribution in [2.75, 3.05) is 12.9 Å². The van der Waals surface area contributed by atoms with Gasteiger partial charge in [0.15, 0.2) is 0 Å². The third-order valence-corrected chi connectivity index (χ3v) is 5.99. The Labute approximate surface area is 124 Å². The maximum Gasteiger partial charge on any atom is 0.255 e. The van der Waals surface area contributed by atoms with Crippen molar-refractivity contribution in [2.45, 2.75) is 38.1 Å². The van der Waals surface area contributed by atoms with Gasteiger partial charge in [0.2, 0.25) is 0 Å². The second-order valence-electron chi connectivity index (χ2n) is 5.99. The number of carbonyl (C=O) groups is 1. The second kappa shape index (κ2) is 4.99. The number of thioether (sulfide) groups is 1. The van der Waals surface area contributed by atoms with Crippen molar-refractivity contribution in [2.24, 2.45) is 5.92 Å². The normalized spacial score (nSPS) is 28.6. The highest BCUT2D eigenvalue weighted by Gasteiger charge is 2.46. The average Bonchev–Trinajstić information content (AvgIpc) is 2.89. The highest BCUT2D eigenvalue weighted by atomic mass is 32.2. The second-order valence-corrected chi connectivity index (χ2v) is 7.14. The number of ether oxygens (including phenoxy) is 1. The molecule has 1 saturated heterocycles. The number of fused-ring (bicyclic) bond motifs is 2. The first-order valence-electron chi connectivity index (χ1n) is 7.16.